The monoisotopic (exact) mass is 459 g/mol. The van der Waals surface area contributed by atoms with Crippen molar-refractivity contribution in [1.82, 2.24) is 4.90 Å². The lowest BCUT2D eigenvalue weighted by Gasteiger charge is -2.26. The van der Waals surface area contributed by atoms with Crippen LogP contribution in [0.1, 0.15) is 64.3 Å². The lowest BCUT2D eigenvalue weighted by atomic mass is 10.0. The summed E-state index contributed by atoms with van der Waals surface area (Å²) >= 11 is 1.26. The Labute approximate surface area is 191 Å². The van der Waals surface area contributed by atoms with Gasteiger partial charge < -0.3 is 25.4 Å². The zero-order valence-corrected chi connectivity index (χ0v) is 19.3. The molecule has 0 aliphatic carbocycles. The van der Waals surface area contributed by atoms with Gasteiger partial charge in [0.2, 0.25) is 0 Å². The molecule has 0 spiro atoms. The first kappa shape index (κ1) is 23.6. The van der Waals surface area contributed by atoms with E-state index in [0.29, 0.717) is 54.6 Å². The van der Waals surface area contributed by atoms with Gasteiger partial charge in [-0.3, -0.25) is 9.59 Å². The van der Waals surface area contributed by atoms with Crippen LogP contribution >= 0.6 is 11.3 Å². The second-order valence-corrected chi connectivity index (χ2v) is 8.59. The number of nitrogens with one attached hydrogen (secondary N) is 1. The molecule has 1 aromatic heterocycles. The summed E-state index contributed by atoms with van der Waals surface area (Å²) in [4.78, 5) is 39.5. The molecule has 1 aliphatic rings. The van der Waals surface area contributed by atoms with Crippen LogP contribution in [0.2, 0.25) is 0 Å². The standard InChI is InChI=1S/C23H29N3O5S/c1-3-5-6-12-31-16-9-7-8-15(13-16)21(28)25-22-19(20(24)27)17-10-11-26(14-18(17)32-22)23(29)30-4-2/h7-9,13H,3-6,10-12,14H2,1-2H3,(H2,24,27)(H,25,28). The lowest BCUT2D eigenvalue weighted by Crippen LogP contribution is -2.36. The molecular weight excluding hydrogens is 430 g/mol. The van der Waals surface area contributed by atoms with E-state index in [0.717, 1.165) is 29.7 Å². The van der Waals surface area contributed by atoms with Crippen LogP contribution in [0.3, 0.4) is 0 Å². The van der Waals surface area contributed by atoms with E-state index >= 15 is 0 Å². The van der Waals surface area contributed by atoms with Crippen molar-refractivity contribution in [2.24, 2.45) is 5.73 Å². The second kappa shape index (κ2) is 11.0. The number of ether oxygens (including phenoxy) is 2. The molecular formula is C23H29N3O5S. The van der Waals surface area contributed by atoms with Crippen LogP contribution < -0.4 is 15.8 Å². The van der Waals surface area contributed by atoms with E-state index < -0.39 is 12.0 Å². The molecule has 2 aromatic rings. The first-order valence-corrected chi connectivity index (χ1v) is 11.7. The van der Waals surface area contributed by atoms with Crippen molar-refractivity contribution >= 4 is 34.2 Å². The van der Waals surface area contributed by atoms with E-state index in [2.05, 4.69) is 12.2 Å². The molecule has 1 aliphatic heterocycles. The summed E-state index contributed by atoms with van der Waals surface area (Å²) in [5.41, 5.74) is 7.16. The number of amides is 3. The van der Waals surface area contributed by atoms with Crippen LogP contribution in [0.4, 0.5) is 9.80 Å². The van der Waals surface area contributed by atoms with Gasteiger partial charge in [-0.2, -0.15) is 0 Å². The van der Waals surface area contributed by atoms with E-state index in [1.807, 2.05) is 6.07 Å². The van der Waals surface area contributed by atoms with Crippen LogP contribution in [0.5, 0.6) is 5.75 Å². The first-order chi connectivity index (χ1) is 15.4. The Bertz CT molecular complexity index is 988. The lowest BCUT2D eigenvalue weighted by molar-refractivity contribution is 0.0997. The third-order valence-electron chi connectivity index (χ3n) is 5.17. The summed E-state index contributed by atoms with van der Waals surface area (Å²) in [6.07, 6.45) is 3.23. The second-order valence-electron chi connectivity index (χ2n) is 7.48. The molecule has 0 atom stereocenters. The number of carbonyl (C=O) groups excluding carboxylic acids is 3. The molecule has 8 nitrogen and oxygen atoms in total. The maximum Gasteiger partial charge on any atom is 0.410 e. The molecule has 0 bridgehead atoms. The number of fused-ring (bicyclic) bond motifs is 1. The predicted molar refractivity (Wildman–Crippen MR) is 123 cm³/mol. The highest BCUT2D eigenvalue weighted by molar-refractivity contribution is 7.17. The summed E-state index contributed by atoms with van der Waals surface area (Å²) in [5.74, 6) is -0.331. The van der Waals surface area contributed by atoms with Crippen molar-refractivity contribution in [3.63, 3.8) is 0 Å². The molecule has 1 aromatic carbocycles. The SMILES string of the molecule is CCCCCOc1cccc(C(=O)Nc2sc3c(c2C(N)=O)CCN(C(=O)OCC)C3)c1. The fraction of sp³-hybridized carbons (Fsp3) is 0.435. The molecule has 3 rings (SSSR count). The average molecular weight is 460 g/mol. The Kier molecular flexibility index (Phi) is 8.10. The molecule has 172 valence electrons. The predicted octanol–water partition coefficient (Wildman–Crippen LogP) is 4.18. The highest BCUT2D eigenvalue weighted by atomic mass is 32.1. The average Bonchev–Trinajstić information content (AvgIpc) is 3.14. The van der Waals surface area contributed by atoms with E-state index in [4.69, 9.17) is 15.2 Å². The van der Waals surface area contributed by atoms with Gasteiger partial charge in [0.1, 0.15) is 10.8 Å². The molecule has 0 unspecified atom stereocenters. The Morgan fingerprint density at radius 1 is 1.22 bits per heavy atom. The number of hydrogen-bond acceptors (Lipinski definition) is 6. The Morgan fingerprint density at radius 3 is 2.75 bits per heavy atom. The smallest absolute Gasteiger partial charge is 0.410 e. The Morgan fingerprint density at radius 2 is 2.03 bits per heavy atom. The number of rotatable bonds is 9. The quantitative estimate of drug-likeness (QED) is 0.547. The molecule has 32 heavy (non-hydrogen) atoms. The zero-order chi connectivity index (χ0) is 23.1. The zero-order valence-electron chi connectivity index (χ0n) is 18.4. The van der Waals surface area contributed by atoms with Crippen LogP contribution in [0.25, 0.3) is 0 Å². The van der Waals surface area contributed by atoms with E-state index in [1.165, 1.54) is 11.3 Å². The maximum absolute atomic E-state index is 12.9. The van der Waals surface area contributed by atoms with Gasteiger partial charge in [0.15, 0.2) is 0 Å². The minimum absolute atomic E-state index is 0.294. The van der Waals surface area contributed by atoms with Crippen molar-refractivity contribution in [2.75, 3.05) is 25.1 Å². The number of anilines is 1. The van der Waals surface area contributed by atoms with Gasteiger partial charge in [0.25, 0.3) is 11.8 Å². The number of nitrogens with zero attached hydrogens (tertiary/aromatic N) is 1. The van der Waals surface area contributed by atoms with Crippen LogP contribution in [0, 0.1) is 0 Å². The topological polar surface area (TPSA) is 111 Å². The number of carbonyl (C=O) groups is 3. The van der Waals surface area contributed by atoms with Crippen LogP contribution in [-0.4, -0.2) is 42.6 Å². The van der Waals surface area contributed by atoms with Crippen molar-refractivity contribution in [3.05, 3.63) is 45.8 Å². The van der Waals surface area contributed by atoms with Crippen LogP contribution in [-0.2, 0) is 17.7 Å². The summed E-state index contributed by atoms with van der Waals surface area (Å²) in [6.45, 7) is 5.51. The van der Waals surface area contributed by atoms with Crippen molar-refractivity contribution in [2.45, 2.75) is 46.1 Å². The Balaban J connectivity index is 1.75. The number of hydrogen-bond donors (Lipinski definition) is 2. The van der Waals surface area contributed by atoms with Crippen molar-refractivity contribution in [3.8, 4) is 5.75 Å². The van der Waals surface area contributed by atoms with Crippen LogP contribution in [0.15, 0.2) is 24.3 Å². The van der Waals surface area contributed by atoms with Gasteiger partial charge in [0.05, 0.1) is 25.3 Å². The number of benzene rings is 1. The summed E-state index contributed by atoms with van der Waals surface area (Å²) in [5, 5.41) is 3.22. The van der Waals surface area contributed by atoms with Gasteiger partial charge in [-0.1, -0.05) is 25.8 Å². The summed E-state index contributed by atoms with van der Waals surface area (Å²) in [7, 11) is 0. The van der Waals surface area contributed by atoms with Crippen molar-refractivity contribution in [1.29, 1.82) is 0 Å². The molecule has 0 saturated heterocycles. The molecule has 0 saturated carbocycles. The summed E-state index contributed by atoms with van der Waals surface area (Å²) < 4.78 is 10.8. The number of primary amides is 1. The minimum atomic E-state index is -0.601. The van der Waals surface area contributed by atoms with Gasteiger partial charge in [-0.25, -0.2) is 4.79 Å². The van der Waals surface area contributed by atoms with Gasteiger partial charge in [-0.05, 0) is 43.5 Å². The molecule has 3 amide bonds. The molecule has 0 radical (unpaired) electrons. The third kappa shape index (κ3) is 5.59. The van der Waals surface area contributed by atoms with Gasteiger partial charge >= 0.3 is 6.09 Å². The minimum Gasteiger partial charge on any atom is -0.494 e. The largest absolute Gasteiger partial charge is 0.494 e. The van der Waals surface area contributed by atoms with E-state index in [-0.39, 0.29) is 5.91 Å². The normalized spacial score (nSPS) is 12.8. The number of unbranched alkanes of at least 4 members (excludes halogenated alkanes) is 2. The van der Waals surface area contributed by atoms with E-state index in [9.17, 15) is 14.4 Å². The molecule has 2 heterocycles. The molecule has 0 fully saturated rings. The molecule has 3 N–H and O–H groups in total. The van der Waals surface area contributed by atoms with Gasteiger partial charge in [-0.15, -0.1) is 11.3 Å². The number of thiophene rings is 1. The third-order valence-corrected chi connectivity index (χ3v) is 6.30. The highest BCUT2D eigenvalue weighted by Gasteiger charge is 2.30. The highest BCUT2D eigenvalue weighted by Crippen LogP contribution is 2.37. The first-order valence-electron chi connectivity index (χ1n) is 10.8. The number of nitrogens with two attached hydrogens (primary N) is 1. The molecule has 9 heteroatoms. The van der Waals surface area contributed by atoms with Crippen molar-refractivity contribution < 1.29 is 23.9 Å². The Hall–Kier alpha value is -3.07. The fourth-order valence-electron chi connectivity index (χ4n) is 3.57. The fourth-order valence-corrected chi connectivity index (χ4v) is 4.83. The van der Waals surface area contributed by atoms with Gasteiger partial charge in [0, 0.05) is 17.0 Å². The summed E-state index contributed by atoms with van der Waals surface area (Å²) in [6, 6.07) is 6.94. The maximum atomic E-state index is 12.9. The van der Waals surface area contributed by atoms with E-state index in [1.54, 1.807) is 30.0 Å².